The lowest BCUT2D eigenvalue weighted by molar-refractivity contribution is -0.162. The van der Waals surface area contributed by atoms with E-state index in [0.717, 1.165) is 22.7 Å². The van der Waals surface area contributed by atoms with Crippen LogP contribution in [0.15, 0.2) is 36.4 Å². The first kappa shape index (κ1) is 20.9. The lowest BCUT2D eigenvalue weighted by Gasteiger charge is -2.36. The summed E-state index contributed by atoms with van der Waals surface area (Å²) >= 11 is 0. The highest BCUT2D eigenvalue weighted by atomic mass is 16.7. The summed E-state index contributed by atoms with van der Waals surface area (Å²) in [6.07, 6.45) is 4.14. The summed E-state index contributed by atoms with van der Waals surface area (Å²) in [4.78, 5) is 35.0. The Morgan fingerprint density at radius 2 is 2.03 bits per heavy atom. The van der Waals surface area contributed by atoms with Gasteiger partial charge in [-0.25, -0.2) is 9.86 Å². The van der Waals surface area contributed by atoms with Gasteiger partial charge in [0.15, 0.2) is 0 Å². The highest BCUT2D eigenvalue weighted by Gasteiger charge is 2.35. The van der Waals surface area contributed by atoms with Crippen molar-refractivity contribution in [3.05, 3.63) is 47.7 Å². The van der Waals surface area contributed by atoms with Gasteiger partial charge in [0.1, 0.15) is 5.60 Å². The second kappa shape index (κ2) is 8.29. The van der Waals surface area contributed by atoms with Crippen LogP contribution in [0.5, 0.6) is 0 Å². The van der Waals surface area contributed by atoms with Crippen LogP contribution in [-0.2, 0) is 20.8 Å². The molecule has 1 aliphatic rings. The van der Waals surface area contributed by atoms with E-state index in [4.69, 9.17) is 9.57 Å². The van der Waals surface area contributed by atoms with Crippen molar-refractivity contribution in [3.8, 4) is 0 Å². The van der Waals surface area contributed by atoms with Crippen molar-refractivity contribution in [2.75, 3.05) is 20.7 Å². The molecule has 1 N–H and O–H groups in total. The summed E-state index contributed by atoms with van der Waals surface area (Å²) < 4.78 is 5.63. The molecular weight excluding hydrogens is 370 g/mol. The molecule has 156 valence electrons. The van der Waals surface area contributed by atoms with Crippen molar-refractivity contribution in [2.24, 2.45) is 0 Å². The number of nitrogens with one attached hydrogen (secondary N) is 1. The van der Waals surface area contributed by atoms with E-state index in [9.17, 15) is 9.59 Å². The average molecular weight is 399 g/mol. The Balaban J connectivity index is 1.92. The summed E-state index contributed by atoms with van der Waals surface area (Å²) in [5.74, 6) is -0.260. The number of fused-ring (bicyclic) bond motifs is 3. The number of rotatable bonds is 4. The van der Waals surface area contributed by atoms with Gasteiger partial charge in [-0.1, -0.05) is 24.3 Å². The minimum atomic E-state index is -0.574. The third-order valence-electron chi connectivity index (χ3n) is 4.99. The minimum absolute atomic E-state index is 0.238. The number of likely N-dealkylation sites (N-methyl/N-ethyl adjacent to an activating group) is 1. The van der Waals surface area contributed by atoms with E-state index >= 15 is 0 Å². The van der Waals surface area contributed by atoms with Gasteiger partial charge in [0.25, 0.3) is 5.91 Å². The zero-order valence-electron chi connectivity index (χ0n) is 17.7. The molecule has 0 bridgehead atoms. The zero-order valence-corrected chi connectivity index (χ0v) is 17.7. The number of hydrogen-bond acceptors (Lipinski definition) is 4. The second-order valence-corrected chi connectivity index (χ2v) is 8.16. The van der Waals surface area contributed by atoms with Crippen LogP contribution in [0.2, 0.25) is 0 Å². The van der Waals surface area contributed by atoms with Crippen molar-refractivity contribution < 1.29 is 19.2 Å². The maximum absolute atomic E-state index is 12.9. The Kier molecular flexibility index (Phi) is 5.98. The number of para-hydroxylation sites is 1. The molecule has 7 heteroatoms. The normalized spacial score (nSPS) is 16.9. The Bertz CT molecular complexity index is 926. The molecule has 1 aromatic heterocycles. The first-order valence-electron chi connectivity index (χ1n) is 9.78. The predicted octanol–water partition coefficient (Wildman–Crippen LogP) is 3.97. The van der Waals surface area contributed by atoms with Gasteiger partial charge in [0.05, 0.1) is 13.2 Å². The fourth-order valence-corrected chi connectivity index (χ4v) is 3.60. The summed E-state index contributed by atoms with van der Waals surface area (Å²) in [7, 11) is 2.99. The number of amides is 2. The Morgan fingerprint density at radius 3 is 2.72 bits per heavy atom. The first-order chi connectivity index (χ1) is 13.7. The fraction of sp³-hybridized carbons (Fsp3) is 0.455. The van der Waals surface area contributed by atoms with Gasteiger partial charge in [-0.05, 0) is 45.2 Å². The topological polar surface area (TPSA) is 74.9 Å². The molecule has 0 aliphatic carbocycles. The van der Waals surface area contributed by atoms with E-state index in [-0.39, 0.29) is 18.0 Å². The van der Waals surface area contributed by atoms with E-state index in [2.05, 4.69) is 11.1 Å². The van der Waals surface area contributed by atoms with Crippen LogP contribution in [0.1, 0.15) is 44.5 Å². The summed E-state index contributed by atoms with van der Waals surface area (Å²) in [6.45, 7) is 6.14. The van der Waals surface area contributed by atoms with Crippen LogP contribution in [0.25, 0.3) is 10.9 Å². The largest absolute Gasteiger partial charge is 0.444 e. The van der Waals surface area contributed by atoms with Gasteiger partial charge in [0.2, 0.25) is 0 Å². The van der Waals surface area contributed by atoms with Crippen molar-refractivity contribution in [1.29, 1.82) is 0 Å². The Morgan fingerprint density at radius 1 is 1.31 bits per heavy atom. The van der Waals surface area contributed by atoms with E-state index in [1.807, 2.05) is 39.0 Å². The molecule has 0 spiro atoms. The Hall–Kier alpha value is -2.80. The maximum Gasteiger partial charge on any atom is 0.410 e. The summed E-state index contributed by atoms with van der Waals surface area (Å²) in [6, 6.07) is 7.90. The van der Waals surface area contributed by atoms with Crippen molar-refractivity contribution in [2.45, 2.75) is 45.3 Å². The van der Waals surface area contributed by atoms with Gasteiger partial charge in [-0.3, -0.25) is 14.5 Å². The third-order valence-corrected chi connectivity index (χ3v) is 4.99. The molecular formula is C22H29N3O4. The molecule has 1 aromatic carbocycles. The number of carbonyl (C=O) groups excluding carboxylic acids is 2. The molecule has 3 rings (SSSR count). The first-order valence-corrected chi connectivity index (χ1v) is 9.78. The van der Waals surface area contributed by atoms with E-state index in [1.165, 1.54) is 24.1 Å². The fourth-order valence-electron chi connectivity index (χ4n) is 3.60. The van der Waals surface area contributed by atoms with Crippen LogP contribution >= 0.6 is 0 Å². The number of ether oxygens (including phenoxy) is 1. The predicted molar refractivity (Wildman–Crippen MR) is 111 cm³/mol. The lowest BCUT2D eigenvalue weighted by Crippen LogP contribution is -2.43. The van der Waals surface area contributed by atoms with Gasteiger partial charge in [0, 0.05) is 36.3 Å². The smallest absolute Gasteiger partial charge is 0.410 e. The number of carbonyl (C=O) groups is 2. The highest BCUT2D eigenvalue weighted by Crippen LogP contribution is 2.37. The number of hydrogen-bond donors (Lipinski definition) is 1. The number of H-pyrrole nitrogens is 1. The minimum Gasteiger partial charge on any atom is -0.444 e. The van der Waals surface area contributed by atoms with Crippen LogP contribution < -0.4 is 0 Å². The highest BCUT2D eigenvalue weighted by molar-refractivity contribution is 5.87. The third kappa shape index (κ3) is 4.62. The van der Waals surface area contributed by atoms with Gasteiger partial charge in [-0.2, -0.15) is 0 Å². The number of aromatic nitrogens is 1. The van der Waals surface area contributed by atoms with E-state index in [1.54, 1.807) is 18.0 Å². The molecule has 1 unspecified atom stereocenters. The molecule has 2 amide bonds. The molecule has 2 heterocycles. The lowest BCUT2D eigenvalue weighted by atomic mass is 9.95. The monoisotopic (exact) mass is 399 g/mol. The van der Waals surface area contributed by atoms with Gasteiger partial charge in [-0.15, -0.1) is 0 Å². The molecule has 0 radical (unpaired) electrons. The average Bonchev–Trinajstić information content (AvgIpc) is 3.05. The van der Waals surface area contributed by atoms with Crippen molar-refractivity contribution >= 4 is 22.9 Å². The van der Waals surface area contributed by atoms with Crippen molar-refractivity contribution in [1.82, 2.24) is 14.9 Å². The molecule has 0 saturated carbocycles. The number of hydroxylamine groups is 2. The quantitative estimate of drug-likeness (QED) is 0.624. The molecule has 1 atom stereocenters. The SMILES string of the molecule is CON(C)C(=O)/C=C/CC1c2[nH]c3ccccc3c2CCN1C(=O)OC(C)(C)C. The van der Waals surface area contributed by atoms with Crippen LogP contribution in [0.4, 0.5) is 4.79 Å². The summed E-state index contributed by atoms with van der Waals surface area (Å²) in [5.41, 5.74) is 2.70. The molecule has 7 nitrogen and oxygen atoms in total. The molecule has 1 aliphatic heterocycles. The number of aromatic amines is 1. The Labute approximate surface area is 171 Å². The number of benzene rings is 1. The van der Waals surface area contributed by atoms with E-state index < -0.39 is 5.60 Å². The van der Waals surface area contributed by atoms with Crippen molar-refractivity contribution in [3.63, 3.8) is 0 Å². The van der Waals surface area contributed by atoms with Crippen LogP contribution in [-0.4, -0.2) is 53.3 Å². The molecule has 0 saturated heterocycles. The maximum atomic E-state index is 12.9. The molecule has 2 aromatic rings. The second-order valence-electron chi connectivity index (χ2n) is 8.16. The summed E-state index contributed by atoms with van der Waals surface area (Å²) in [5, 5.41) is 2.33. The molecule has 0 fully saturated rings. The van der Waals surface area contributed by atoms with Crippen LogP contribution in [0.3, 0.4) is 0 Å². The standard InChI is InChI=1S/C22H29N3O4/c1-22(2,3)29-21(27)25-14-13-16-15-9-6-7-10-17(15)23-20(16)18(25)11-8-12-19(26)24(4)28-5/h6-10,12,18,23H,11,13-14H2,1-5H3/b12-8+. The number of nitrogens with zero attached hydrogens (tertiary/aromatic N) is 2. The molecule has 29 heavy (non-hydrogen) atoms. The van der Waals surface area contributed by atoms with Gasteiger partial charge >= 0.3 is 6.09 Å². The van der Waals surface area contributed by atoms with Crippen LogP contribution in [0, 0.1) is 0 Å². The zero-order chi connectivity index (χ0) is 21.2. The van der Waals surface area contributed by atoms with E-state index in [0.29, 0.717) is 13.0 Å². The van der Waals surface area contributed by atoms with Gasteiger partial charge < -0.3 is 9.72 Å².